The topological polar surface area (TPSA) is 92.9 Å². The summed E-state index contributed by atoms with van der Waals surface area (Å²) >= 11 is 0. The predicted molar refractivity (Wildman–Crippen MR) is 63.7 cm³/mol. The van der Waals surface area contributed by atoms with Crippen LogP contribution in [-0.2, 0) is 4.74 Å². The van der Waals surface area contributed by atoms with Crippen molar-refractivity contribution in [3.05, 3.63) is 52.7 Å². The third-order valence-corrected chi connectivity index (χ3v) is 2.26. The van der Waals surface area contributed by atoms with Gasteiger partial charge in [-0.2, -0.15) is 5.10 Å². The second-order valence-electron chi connectivity index (χ2n) is 3.34. The highest BCUT2D eigenvalue weighted by atomic mass is 16.5. The van der Waals surface area contributed by atoms with Gasteiger partial charge in [0.1, 0.15) is 0 Å². The van der Waals surface area contributed by atoms with Crippen LogP contribution in [0.4, 0.5) is 5.69 Å². The molecule has 0 bridgehead atoms. The normalized spacial score (nSPS) is 9.61. The van der Waals surface area contributed by atoms with E-state index in [4.69, 9.17) is 5.53 Å². The van der Waals surface area contributed by atoms with E-state index in [2.05, 4.69) is 19.9 Å². The minimum atomic E-state index is -0.487. The number of methoxy groups -OCH3 is 1. The average molecular weight is 243 g/mol. The summed E-state index contributed by atoms with van der Waals surface area (Å²) in [5, 5.41) is 7.53. The lowest BCUT2D eigenvalue weighted by atomic mass is 10.3. The SMILES string of the molecule is COC(=O)c1ccn(-c2ccc(N=[N+]=[N-])cc2)n1. The van der Waals surface area contributed by atoms with Crippen LogP contribution in [0.2, 0.25) is 0 Å². The minimum Gasteiger partial charge on any atom is -0.464 e. The molecule has 7 heteroatoms. The van der Waals surface area contributed by atoms with Crippen molar-refractivity contribution in [2.75, 3.05) is 7.11 Å². The van der Waals surface area contributed by atoms with E-state index in [1.54, 1.807) is 36.5 Å². The van der Waals surface area contributed by atoms with Crippen LogP contribution < -0.4 is 0 Å². The molecule has 0 saturated heterocycles. The maximum Gasteiger partial charge on any atom is 0.358 e. The van der Waals surface area contributed by atoms with E-state index < -0.39 is 5.97 Å². The smallest absolute Gasteiger partial charge is 0.358 e. The fourth-order valence-electron chi connectivity index (χ4n) is 1.40. The largest absolute Gasteiger partial charge is 0.464 e. The maximum atomic E-state index is 11.2. The Bertz CT molecular complexity index is 611. The molecular formula is C11H9N5O2. The number of hydrogen-bond donors (Lipinski definition) is 0. The number of ether oxygens (including phenoxy) is 1. The molecule has 0 fully saturated rings. The first-order valence-corrected chi connectivity index (χ1v) is 5.04. The van der Waals surface area contributed by atoms with Crippen LogP contribution in [0.15, 0.2) is 41.6 Å². The van der Waals surface area contributed by atoms with Gasteiger partial charge in [0.05, 0.1) is 12.8 Å². The Labute approximate surface area is 102 Å². The maximum absolute atomic E-state index is 11.2. The molecule has 90 valence electrons. The molecule has 2 rings (SSSR count). The molecule has 0 amide bonds. The number of carbonyl (C=O) groups is 1. The van der Waals surface area contributed by atoms with Crippen LogP contribution >= 0.6 is 0 Å². The molecule has 0 atom stereocenters. The number of azide groups is 1. The van der Waals surface area contributed by atoms with Gasteiger partial charge < -0.3 is 4.74 Å². The molecule has 0 aliphatic heterocycles. The lowest BCUT2D eigenvalue weighted by Gasteiger charge is -2.01. The third kappa shape index (κ3) is 2.31. The average Bonchev–Trinajstić information content (AvgIpc) is 2.89. The molecule has 2 aromatic rings. The summed E-state index contributed by atoms with van der Waals surface area (Å²) in [6, 6.07) is 8.35. The van der Waals surface area contributed by atoms with Gasteiger partial charge in [-0.15, -0.1) is 0 Å². The van der Waals surface area contributed by atoms with Crippen LogP contribution in [0.3, 0.4) is 0 Å². The summed E-state index contributed by atoms with van der Waals surface area (Å²) in [4.78, 5) is 13.9. The van der Waals surface area contributed by atoms with E-state index in [-0.39, 0.29) is 5.69 Å². The summed E-state index contributed by atoms with van der Waals surface area (Å²) in [6.07, 6.45) is 1.65. The highest BCUT2D eigenvalue weighted by molar-refractivity contribution is 5.86. The Morgan fingerprint density at radius 1 is 1.39 bits per heavy atom. The van der Waals surface area contributed by atoms with Gasteiger partial charge in [-0.1, -0.05) is 17.2 Å². The molecule has 1 aromatic heterocycles. The van der Waals surface area contributed by atoms with Crippen LogP contribution in [0.25, 0.3) is 16.1 Å². The third-order valence-electron chi connectivity index (χ3n) is 2.26. The van der Waals surface area contributed by atoms with Crippen LogP contribution in [0.5, 0.6) is 0 Å². The first kappa shape index (κ1) is 11.7. The molecule has 0 aliphatic carbocycles. The number of esters is 1. The second kappa shape index (κ2) is 5.03. The summed E-state index contributed by atoms with van der Waals surface area (Å²) in [7, 11) is 1.30. The number of rotatable bonds is 3. The predicted octanol–water partition coefficient (Wildman–Crippen LogP) is 2.60. The molecule has 0 aliphatic rings. The number of aromatic nitrogens is 2. The summed E-state index contributed by atoms with van der Waals surface area (Å²) in [5.41, 5.74) is 9.79. The van der Waals surface area contributed by atoms with Gasteiger partial charge in [0.25, 0.3) is 0 Å². The number of benzene rings is 1. The van der Waals surface area contributed by atoms with Gasteiger partial charge in [-0.3, -0.25) is 0 Å². The summed E-state index contributed by atoms with van der Waals surface area (Å²) in [5.74, 6) is -0.487. The molecule has 0 unspecified atom stereocenters. The van der Waals surface area contributed by atoms with Gasteiger partial charge >= 0.3 is 5.97 Å². The minimum absolute atomic E-state index is 0.233. The summed E-state index contributed by atoms with van der Waals surface area (Å²) in [6.45, 7) is 0. The molecule has 1 aromatic carbocycles. The van der Waals surface area contributed by atoms with E-state index in [1.807, 2.05) is 0 Å². The monoisotopic (exact) mass is 243 g/mol. The molecule has 0 saturated carbocycles. The highest BCUT2D eigenvalue weighted by Crippen LogP contribution is 2.15. The van der Waals surface area contributed by atoms with Gasteiger partial charge in [0.15, 0.2) is 5.69 Å². The van der Waals surface area contributed by atoms with Crippen molar-refractivity contribution in [2.24, 2.45) is 5.11 Å². The molecule has 7 nitrogen and oxygen atoms in total. The Morgan fingerprint density at radius 2 is 2.11 bits per heavy atom. The Kier molecular flexibility index (Phi) is 3.26. The first-order chi connectivity index (χ1) is 8.74. The number of nitrogens with zero attached hydrogens (tertiary/aromatic N) is 5. The molecular weight excluding hydrogens is 234 g/mol. The van der Waals surface area contributed by atoms with Gasteiger partial charge in [-0.25, -0.2) is 9.48 Å². The van der Waals surface area contributed by atoms with E-state index in [0.717, 1.165) is 5.69 Å². The lowest BCUT2D eigenvalue weighted by Crippen LogP contribution is -2.03. The lowest BCUT2D eigenvalue weighted by molar-refractivity contribution is 0.0593. The van der Waals surface area contributed by atoms with Gasteiger partial charge in [0, 0.05) is 16.8 Å². The molecule has 0 radical (unpaired) electrons. The second-order valence-corrected chi connectivity index (χ2v) is 3.34. The van der Waals surface area contributed by atoms with Crippen LogP contribution in [-0.4, -0.2) is 22.9 Å². The zero-order valence-corrected chi connectivity index (χ0v) is 9.52. The fraction of sp³-hybridized carbons (Fsp3) is 0.0909. The van der Waals surface area contributed by atoms with Crippen molar-refractivity contribution < 1.29 is 9.53 Å². The Morgan fingerprint density at radius 3 is 2.72 bits per heavy atom. The van der Waals surface area contributed by atoms with Crippen LogP contribution in [0, 0.1) is 0 Å². The van der Waals surface area contributed by atoms with E-state index in [0.29, 0.717) is 5.69 Å². The quantitative estimate of drug-likeness (QED) is 0.359. The highest BCUT2D eigenvalue weighted by Gasteiger charge is 2.09. The number of carbonyl (C=O) groups excluding carboxylic acids is 1. The molecule has 18 heavy (non-hydrogen) atoms. The fourth-order valence-corrected chi connectivity index (χ4v) is 1.40. The van der Waals surface area contributed by atoms with E-state index in [9.17, 15) is 4.79 Å². The zero-order valence-electron chi connectivity index (χ0n) is 9.52. The Hall–Kier alpha value is -2.79. The Balaban J connectivity index is 2.28. The van der Waals surface area contributed by atoms with E-state index >= 15 is 0 Å². The van der Waals surface area contributed by atoms with Crippen molar-refractivity contribution in [1.29, 1.82) is 0 Å². The zero-order chi connectivity index (χ0) is 13.0. The van der Waals surface area contributed by atoms with Crippen LogP contribution in [0.1, 0.15) is 10.5 Å². The van der Waals surface area contributed by atoms with Crippen molar-refractivity contribution in [2.45, 2.75) is 0 Å². The van der Waals surface area contributed by atoms with Gasteiger partial charge in [-0.05, 0) is 23.7 Å². The van der Waals surface area contributed by atoms with Crippen molar-refractivity contribution in [3.63, 3.8) is 0 Å². The number of hydrogen-bond acceptors (Lipinski definition) is 4. The first-order valence-electron chi connectivity index (χ1n) is 5.04. The summed E-state index contributed by atoms with van der Waals surface area (Å²) < 4.78 is 6.10. The van der Waals surface area contributed by atoms with E-state index in [1.165, 1.54) is 11.8 Å². The molecule has 1 heterocycles. The van der Waals surface area contributed by atoms with Crippen molar-refractivity contribution in [1.82, 2.24) is 9.78 Å². The van der Waals surface area contributed by atoms with Crippen molar-refractivity contribution in [3.8, 4) is 5.69 Å². The molecule has 0 spiro atoms. The van der Waals surface area contributed by atoms with Crippen molar-refractivity contribution >= 4 is 11.7 Å². The van der Waals surface area contributed by atoms with Gasteiger partial charge in [0.2, 0.25) is 0 Å². The standard InChI is InChI=1S/C11H9N5O2/c1-18-11(17)10-6-7-16(14-10)9-4-2-8(3-5-9)13-15-12/h2-7H,1H3. The molecule has 0 N–H and O–H groups in total.